The first kappa shape index (κ1) is 9.87. The molecule has 3 aliphatic rings. The van der Waals surface area contributed by atoms with Crippen LogP contribution in [0.25, 0.3) is 0 Å². The summed E-state index contributed by atoms with van der Waals surface area (Å²) in [5.41, 5.74) is -1.37. The van der Waals surface area contributed by atoms with Gasteiger partial charge in [0.05, 0.1) is 6.61 Å². The average Bonchev–Trinajstić information content (AvgIpc) is 2.53. The van der Waals surface area contributed by atoms with Crippen molar-refractivity contribution in [2.24, 2.45) is 0 Å². The van der Waals surface area contributed by atoms with E-state index in [9.17, 15) is 5.11 Å². The number of hydrogen-bond donors (Lipinski definition) is 1. The lowest BCUT2D eigenvalue weighted by atomic mass is 9.71. The number of alkyl halides is 1. The Morgan fingerprint density at radius 3 is 2.93 bits per heavy atom. The van der Waals surface area contributed by atoms with E-state index in [2.05, 4.69) is 22.6 Å². The Morgan fingerprint density at radius 2 is 2.29 bits per heavy atom. The number of aliphatic hydroxyl groups is 1. The summed E-state index contributed by atoms with van der Waals surface area (Å²) >= 11 is 2.35. The fourth-order valence-electron chi connectivity index (χ4n) is 3.10. The zero-order chi connectivity index (χ0) is 9.97. The molecular formula is C9H12BIO3. The number of rotatable bonds is 0. The predicted octanol–water partition coefficient (Wildman–Crippen LogP) is 0.367. The second-order valence-electron chi connectivity index (χ2n) is 4.49. The van der Waals surface area contributed by atoms with Crippen LogP contribution in [0.5, 0.6) is 0 Å². The third-order valence-electron chi connectivity index (χ3n) is 3.85. The summed E-state index contributed by atoms with van der Waals surface area (Å²) < 4.78 is 11.6. The number of halogens is 1. The van der Waals surface area contributed by atoms with Crippen LogP contribution in [0.15, 0.2) is 0 Å². The van der Waals surface area contributed by atoms with Crippen LogP contribution in [0, 0.1) is 0 Å². The molecular weight excluding hydrogens is 294 g/mol. The molecule has 14 heavy (non-hydrogen) atoms. The van der Waals surface area contributed by atoms with Crippen LogP contribution in [-0.2, 0) is 9.47 Å². The van der Waals surface area contributed by atoms with E-state index >= 15 is 0 Å². The van der Waals surface area contributed by atoms with E-state index in [4.69, 9.17) is 17.3 Å². The van der Waals surface area contributed by atoms with Crippen molar-refractivity contribution in [3.8, 4) is 0 Å². The molecule has 5 atom stereocenters. The Labute approximate surface area is 98.1 Å². The molecule has 0 amide bonds. The Kier molecular flexibility index (Phi) is 2.02. The van der Waals surface area contributed by atoms with Crippen LogP contribution >= 0.6 is 22.6 Å². The van der Waals surface area contributed by atoms with E-state index in [-0.39, 0.29) is 6.10 Å². The monoisotopic (exact) mass is 306 g/mol. The first-order valence-corrected chi connectivity index (χ1v) is 6.26. The van der Waals surface area contributed by atoms with Gasteiger partial charge in [-0.3, -0.25) is 0 Å². The Balaban J connectivity index is 2.07. The van der Waals surface area contributed by atoms with Crippen molar-refractivity contribution in [2.75, 3.05) is 6.61 Å². The van der Waals surface area contributed by atoms with Crippen LogP contribution in [0.4, 0.5) is 0 Å². The maximum absolute atomic E-state index is 10.6. The predicted molar refractivity (Wildman–Crippen MR) is 59.7 cm³/mol. The third kappa shape index (κ3) is 0.906. The molecule has 0 aromatic heterocycles. The minimum Gasteiger partial charge on any atom is -0.384 e. The summed E-state index contributed by atoms with van der Waals surface area (Å²) in [6, 6.07) is -0.455. The van der Waals surface area contributed by atoms with E-state index < -0.39 is 17.2 Å². The van der Waals surface area contributed by atoms with Crippen molar-refractivity contribution in [1.29, 1.82) is 0 Å². The molecule has 1 saturated carbocycles. The molecule has 2 aliphatic heterocycles. The zero-order valence-corrected chi connectivity index (χ0v) is 9.94. The van der Waals surface area contributed by atoms with Gasteiger partial charge < -0.3 is 14.6 Å². The molecule has 0 spiro atoms. The van der Waals surface area contributed by atoms with Crippen molar-refractivity contribution >= 4 is 30.4 Å². The summed E-state index contributed by atoms with van der Waals surface area (Å²) in [5, 5.41) is 10.6. The molecule has 2 radical (unpaired) electrons. The second kappa shape index (κ2) is 2.87. The van der Waals surface area contributed by atoms with E-state index in [1.807, 2.05) is 0 Å². The van der Waals surface area contributed by atoms with Crippen LogP contribution < -0.4 is 0 Å². The highest BCUT2D eigenvalue weighted by Crippen LogP contribution is 2.56. The minimum atomic E-state index is -0.837. The maximum atomic E-state index is 10.6. The molecule has 5 heteroatoms. The molecule has 3 rings (SSSR count). The maximum Gasteiger partial charge on any atom is 0.134 e. The van der Waals surface area contributed by atoms with E-state index in [1.165, 1.54) is 0 Å². The standard InChI is InChI=1S/C9H12BIO3/c10-7-6-8(12)3-1-2-5(11)9(8,14-7)4-13-6/h5-7,12H,1-4H2/t5?,6?,7-,8?,9+/m1/s1. The number of hydrogen-bond acceptors (Lipinski definition) is 3. The van der Waals surface area contributed by atoms with Crippen molar-refractivity contribution in [1.82, 2.24) is 0 Å². The topological polar surface area (TPSA) is 38.7 Å². The Bertz CT molecular complexity index is 277. The molecule has 2 saturated heterocycles. The normalized spacial score (nSPS) is 61.4. The molecule has 0 aromatic carbocycles. The summed E-state index contributed by atoms with van der Waals surface area (Å²) in [6.45, 7) is 0.496. The van der Waals surface area contributed by atoms with Crippen LogP contribution in [0.1, 0.15) is 19.3 Å². The highest BCUT2D eigenvalue weighted by Gasteiger charge is 2.72. The fourth-order valence-corrected chi connectivity index (χ4v) is 4.40. The highest BCUT2D eigenvalue weighted by atomic mass is 127. The van der Waals surface area contributed by atoms with Crippen LogP contribution in [0.2, 0.25) is 0 Å². The van der Waals surface area contributed by atoms with E-state index in [1.54, 1.807) is 0 Å². The van der Waals surface area contributed by atoms with Gasteiger partial charge in [0.15, 0.2) is 0 Å². The third-order valence-corrected chi connectivity index (χ3v) is 5.48. The van der Waals surface area contributed by atoms with Crippen LogP contribution in [0.3, 0.4) is 0 Å². The van der Waals surface area contributed by atoms with Gasteiger partial charge in [0, 0.05) is 9.93 Å². The quantitative estimate of drug-likeness (QED) is 0.399. The van der Waals surface area contributed by atoms with Crippen molar-refractivity contribution in [3.05, 3.63) is 0 Å². The highest BCUT2D eigenvalue weighted by molar-refractivity contribution is 14.1. The van der Waals surface area contributed by atoms with Crippen LogP contribution in [-0.4, -0.2) is 46.8 Å². The lowest BCUT2D eigenvalue weighted by Gasteiger charge is -2.43. The van der Waals surface area contributed by atoms with Gasteiger partial charge in [-0.25, -0.2) is 0 Å². The molecule has 2 heterocycles. The SMILES string of the molecule is [B][C@@H]1O[C@]23COC1C2(O)CCCC3I. The zero-order valence-electron chi connectivity index (χ0n) is 7.78. The lowest BCUT2D eigenvalue weighted by molar-refractivity contribution is -0.137. The van der Waals surface area contributed by atoms with E-state index in [0.717, 1.165) is 19.3 Å². The minimum absolute atomic E-state index is 0.303. The molecule has 3 unspecified atom stereocenters. The molecule has 3 fully saturated rings. The average molecular weight is 306 g/mol. The van der Waals surface area contributed by atoms with Gasteiger partial charge in [-0.15, -0.1) is 0 Å². The molecule has 3 nitrogen and oxygen atoms in total. The lowest BCUT2D eigenvalue weighted by Crippen LogP contribution is -2.59. The summed E-state index contributed by atoms with van der Waals surface area (Å²) in [7, 11) is 5.81. The summed E-state index contributed by atoms with van der Waals surface area (Å²) in [4.78, 5) is 0. The second-order valence-corrected chi connectivity index (χ2v) is 5.99. The first-order chi connectivity index (χ1) is 6.60. The van der Waals surface area contributed by atoms with Gasteiger partial charge in [0.25, 0.3) is 0 Å². The molecule has 1 N–H and O–H groups in total. The molecule has 2 bridgehead atoms. The molecule has 1 aliphatic carbocycles. The largest absolute Gasteiger partial charge is 0.384 e. The molecule has 0 aromatic rings. The number of ether oxygens (including phenoxy) is 2. The van der Waals surface area contributed by atoms with Gasteiger partial charge in [-0.1, -0.05) is 22.6 Å². The van der Waals surface area contributed by atoms with Gasteiger partial charge >= 0.3 is 0 Å². The summed E-state index contributed by atoms with van der Waals surface area (Å²) in [5.74, 6) is 0. The van der Waals surface area contributed by atoms with Crippen molar-refractivity contribution in [2.45, 2.75) is 46.5 Å². The smallest absolute Gasteiger partial charge is 0.134 e. The van der Waals surface area contributed by atoms with Gasteiger partial charge in [-0.05, 0) is 19.3 Å². The fraction of sp³-hybridized carbons (Fsp3) is 1.00. The molecule has 76 valence electrons. The van der Waals surface area contributed by atoms with Crippen molar-refractivity contribution in [3.63, 3.8) is 0 Å². The van der Waals surface area contributed by atoms with Gasteiger partial charge in [0.1, 0.15) is 25.2 Å². The van der Waals surface area contributed by atoms with E-state index in [0.29, 0.717) is 10.5 Å². The van der Waals surface area contributed by atoms with Gasteiger partial charge in [0.2, 0.25) is 0 Å². The van der Waals surface area contributed by atoms with Crippen molar-refractivity contribution < 1.29 is 14.6 Å². The van der Waals surface area contributed by atoms with Gasteiger partial charge in [-0.2, -0.15) is 0 Å². The summed E-state index contributed by atoms with van der Waals surface area (Å²) in [6.07, 6.45) is 2.54. The first-order valence-electron chi connectivity index (χ1n) is 5.02. The Hall–Kier alpha value is 0.675. The Morgan fingerprint density at radius 1 is 1.50 bits per heavy atom.